The third kappa shape index (κ3) is 1.61. The van der Waals surface area contributed by atoms with Crippen molar-refractivity contribution in [2.75, 3.05) is 0 Å². The number of nitrogens with one attached hydrogen (secondary N) is 1. The largest absolute Gasteiger partial charge is 0.332 e. The molecule has 0 spiro atoms. The summed E-state index contributed by atoms with van der Waals surface area (Å²) < 4.78 is 3.56. The maximum Gasteiger partial charge on any atom is 0.332 e. The van der Waals surface area contributed by atoms with Gasteiger partial charge in [-0.25, -0.2) is 9.78 Å². The van der Waals surface area contributed by atoms with Gasteiger partial charge < -0.3 is 0 Å². The van der Waals surface area contributed by atoms with Crippen molar-refractivity contribution in [3.05, 3.63) is 50.2 Å². The van der Waals surface area contributed by atoms with E-state index in [0.29, 0.717) is 11.2 Å². The number of fused-ring (bicyclic) bond motifs is 2. The highest BCUT2D eigenvalue weighted by molar-refractivity contribution is 5.75. The van der Waals surface area contributed by atoms with Crippen LogP contribution in [-0.4, -0.2) is 18.5 Å². The number of hydrogen-bond acceptors (Lipinski definition) is 5. The molecule has 0 radical (unpaired) electrons. The topological polar surface area (TPSA) is 109 Å². The first-order chi connectivity index (χ1) is 9.95. The van der Waals surface area contributed by atoms with Gasteiger partial charge in [-0.05, 0) is 12.1 Å². The summed E-state index contributed by atoms with van der Waals surface area (Å²) in [5.41, 5.74) is -0.312. The summed E-state index contributed by atoms with van der Waals surface area (Å²) in [6.45, 7) is 0. The zero-order valence-electron chi connectivity index (χ0n) is 11.3. The second-order valence-electron chi connectivity index (χ2n) is 4.62. The molecule has 0 amide bonds. The van der Waals surface area contributed by atoms with Gasteiger partial charge in [0.05, 0.1) is 11.6 Å². The van der Waals surface area contributed by atoms with Crippen molar-refractivity contribution in [3.8, 4) is 6.07 Å². The molecule has 0 saturated heterocycles. The molecule has 0 aliphatic heterocycles. The second-order valence-corrected chi connectivity index (χ2v) is 4.62. The maximum absolute atomic E-state index is 12.2. The van der Waals surface area contributed by atoms with Gasteiger partial charge in [-0.3, -0.25) is 23.7 Å². The molecule has 3 rings (SSSR count). The molecule has 1 N–H and O–H groups in total. The van der Waals surface area contributed by atoms with Gasteiger partial charge in [0.1, 0.15) is 16.5 Å². The first kappa shape index (κ1) is 12.8. The van der Waals surface area contributed by atoms with Crippen LogP contribution >= 0.6 is 0 Å². The van der Waals surface area contributed by atoms with Crippen LogP contribution < -0.4 is 16.7 Å². The fraction of sp³-hybridized carbons (Fsp3) is 0.154. The van der Waals surface area contributed by atoms with E-state index in [2.05, 4.69) is 4.98 Å². The number of hydrogen-bond donors (Lipinski definition) is 1. The minimum absolute atomic E-state index is 0.0572. The SMILES string of the molecule is Cn1c(=O)c2c(=N)n3ccc(C#N)cc3nc2n(C)c1=O. The standard InChI is InChI=1S/C13H10N6O2/c1-17-11-9(12(20)18(2)13(17)21)10(15)19-4-3-7(6-14)5-8(19)16-11/h3-5,15H,1-2H3. The monoisotopic (exact) mass is 282 g/mol. The van der Waals surface area contributed by atoms with Gasteiger partial charge >= 0.3 is 5.69 Å². The van der Waals surface area contributed by atoms with Gasteiger partial charge in [0.25, 0.3) is 5.56 Å². The van der Waals surface area contributed by atoms with Gasteiger partial charge in [0.2, 0.25) is 0 Å². The normalized spacial score (nSPS) is 10.9. The van der Waals surface area contributed by atoms with Gasteiger partial charge in [0, 0.05) is 20.3 Å². The molecule has 21 heavy (non-hydrogen) atoms. The Labute approximate surface area is 117 Å². The van der Waals surface area contributed by atoms with Crippen molar-refractivity contribution in [1.82, 2.24) is 18.5 Å². The van der Waals surface area contributed by atoms with E-state index in [1.165, 1.54) is 41.4 Å². The molecular formula is C13H10N6O2. The maximum atomic E-state index is 12.2. The van der Waals surface area contributed by atoms with Crippen molar-refractivity contribution in [3.63, 3.8) is 0 Å². The lowest BCUT2D eigenvalue weighted by atomic mass is 10.3. The van der Waals surface area contributed by atoms with E-state index >= 15 is 0 Å². The van der Waals surface area contributed by atoms with E-state index < -0.39 is 11.2 Å². The van der Waals surface area contributed by atoms with Crippen LogP contribution in [0.2, 0.25) is 0 Å². The minimum atomic E-state index is -0.565. The highest BCUT2D eigenvalue weighted by Gasteiger charge is 2.13. The Hall–Kier alpha value is -3.21. The third-order valence-electron chi connectivity index (χ3n) is 3.40. The molecule has 0 saturated carbocycles. The summed E-state index contributed by atoms with van der Waals surface area (Å²) in [6.07, 6.45) is 1.51. The summed E-state index contributed by atoms with van der Waals surface area (Å²) in [4.78, 5) is 28.4. The predicted molar refractivity (Wildman–Crippen MR) is 73.7 cm³/mol. The van der Waals surface area contributed by atoms with Gasteiger partial charge in [-0.1, -0.05) is 0 Å². The Bertz CT molecular complexity index is 1130. The van der Waals surface area contributed by atoms with Crippen molar-refractivity contribution in [2.24, 2.45) is 14.1 Å². The Morgan fingerprint density at radius 1 is 1.29 bits per heavy atom. The van der Waals surface area contributed by atoms with E-state index in [0.717, 1.165) is 4.57 Å². The zero-order chi connectivity index (χ0) is 15.3. The highest BCUT2D eigenvalue weighted by atomic mass is 16.2. The quantitative estimate of drug-likeness (QED) is 0.546. The zero-order valence-corrected chi connectivity index (χ0v) is 11.3. The molecule has 0 bridgehead atoms. The van der Waals surface area contributed by atoms with Crippen LogP contribution in [0, 0.1) is 16.7 Å². The lowest BCUT2D eigenvalue weighted by molar-refractivity contribution is 0.704. The van der Waals surface area contributed by atoms with Crippen LogP contribution in [0.5, 0.6) is 0 Å². The fourth-order valence-corrected chi connectivity index (χ4v) is 2.23. The molecule has 104 valence electrons. The lowest BCUT2D eigenvalue weighted by Crippen LogP contribution is -2.40. The summed E-state index contributed by atoms with van der Waals surface area (Å²) >= 11 is 0. The Balaban J connectivity index is 2.71. The van der Waals surface area contributed by atoms with Crippen LogP contribution in [0.25, 0.3) is 16.7 Å². The van der Waals surface area contributed by atoms with Crippen molar-refractivity contribution in [2.45, 2.75) is 0 Å². The lowest BCUT2D eigenvalue weighted by Gasteiger charge is -2.09. The smallest absolute Gasteiger partial charge is 0.285 e. The van der Waals surface area contributed by atoms with E-state index in [-0.39, 0.29) is 16.5 Å². The summed E-state index contributed by atoms with van der Waals surface area (Å²) in [6, 6.07) is 5.02. The summed E-state index contributed by atoms with van der Waals surface area (Å²) in [7, 11) is 2.85. The molecule has 0 atom stereocenters. The molecule has 3 aromatic heterocycles. The molecule has 8 heteroatoms. The van der Waals surface area contributed by atoms with Crippen LogP contribution in [0.1, 0.15) is 5.56 Å². The molecule has 0 aromatic carbocycles. The van der Waals surface area contributed by atoms with E-state index in [1.807, 2.05) is 6.07 Å². The predicted octanol–water partition coefficient (Wildman–Crippen LogP) is -0.764. The Morgan fingerprint density at radius 3 is 2.67 bits per heavy atom. The number of aromatic nitrogens is 4. The van der Waals surface area contributed by atoms with Crippen LogP contribution in [0.3, 0.4) is 0 Å². The average molecular weight is 282 g/mol. The number of nitrogens with zero attached hydrogens (tertiary/aromatic N) is 5. The average Bonchev–Trinajstić information content (AvgIpc) is 2.50. The minimum Gasteiger partial charge on any atom is -0.285 e. The first-order valence-electron chi connectivity index (χ1n) is 6.02. The van der Waals surface area contributed by atoms with Crippen molar-refractivity contribution >= 4 is 16.7 Å². The molecular weight excluding hydrogens is 272 g/mol. The number of nitriles is 1. The molecule has 8 nitrogen and oxygen atoms in total. The highest BCUT2D eigenvalue weighted by Crippen LogP contribution is 2.06. The molecule has 0 fully saturated rings. The summed E-state index contributed by atoms with van der Waals surface area (Å²) in [5.74, 6) is 0. The van der Waals surface area contributed by atoms with Crippen LogP contribution in [0.4, 0.5) is 0 Å². The van der Waals surface area contributed by atoms with Crippen LogP contribution in [0.15, 0.2) is 27.9 Å². The summed E-state index contributed by atoms with van der Waals surface area (Å²) in [5, 5.41) is 17.1. The molecule has 0 aliphatic carbocycles. The number of pyridine rings is 1. The molecule has 0 unspecified atom stereocenters. The number of aryl methyl sites for hydroxylation is 1. The van der Waals surface area contributed by atoms with Crippen LogP contribution in [-0.2, 0) is 14.1 Å². The van der Waals surface area contributed by atoms with E-state index in [4.69, 9.17) is 10.7 Å². The van der Waals surface area contributed by atoms with Crippen molar-refractivity contribution in [1.29, 1.82) is 10.7 Å². The Kier molecular flexibility index (Phi) is 2.53. The molecule has 3 heterocycles. The fourth-order valence-electron chi connectivity index (χ4n) is 2.23. The van der Waals surface area contributed by atoms with E-state index in [1.54, 1.807) is 0 Å². The number of rotatable bonds is 0. The van der Waals surface area contributed by atoms with Gasteiger partial charge in [-0.15, -0.1) is 0 Å². The first-order valence-corrected chi connectivity index (χ1v) is 6.02. The third-order valence-corrected chi connectivity index (χ3v) is 3.40. The Morgan fingerprint density at radius 2 is 2.00 bits per heavy atom. The van der Waals surface area contributed by atoms with Gasteiger partial charge in [0.15, 0.2) is 5.65 Å². The molecule has 0 aliphatic rings. The van der Waals surface area contributed by atoms with Crippen molar-refractivity contribution < 1.29 is 0 Å². The van der Waals surface area contributed by atoms with Gasteiger partial charge in [-0.2, -0.15) is 5.26 Å². The van der Waals surface area contributed by atoms with E-state index in [9.17, 15) is 9.59 Å². The molecule has 3 aromatic rings. The second kappa shape index (κ2) is 4.14.